The molecule has 1 aliphatic rings. The second kappa shape index (κ2) is 6.31. The van der Waals surface area contributed by atoms with Gasteiger partial charge in [-0.05, 0) is 43.4 Å². The summed E-state index contributed by atoms with van der Waals surface area (Å²) in [6.45, 7) is 3.76. The van der Waals surface area contributed by atoms with Crippen molar-refractivity contribution in [2.24, 2.45) is 5.92 Å². The first-order valence-corrected chi connectivity index (χ1v) is 7.74. The van der Waals surface area contributed by atoms with Crippen LogP contribution in [-0.4, -0.2) is 30.1 Å². The molecule has 3 rings (SSSR count). The molecule has 1 fully saturated rings. The lowest BCUT2D eigenvalue weighted by Gasteiger charge is -2.30. The van der Waals surface area contributed by atoms with E-state index in [9.17, 15) is 4.79 Å². The smallest absolute Gasteiger partial charge is 0.252 e. The average molecular weight is 286 g/mol. The number of benzene rings is 1. The van der Waals surface area contributed by atoms with Crippen molar-refractivity contribution in [3.8, 4) is 0 Å². The van der Waals surface area contributed by atoms with Crippen LogP contribution in [0.4, 0.5) is 0 Å². The first-order chi connectivity index (χ1) is 10.3. The summed E-state index contributed by atoms with van der Waals surface area (Å²) >= 11 is 0. The van der Waals surface area contributed by atoms with Crippen LogP contribution in [0.15, 0.2) is 30.5 Å². The molecular weight excluding hydrogens is 264 g/mol. The molecule has 0 aliphatic carbocycles. The van der Waals surface area contributed by atoms with Crippen LogP contribution in [0.25, 0.3) is 10.9 Å². The Morgan fingerprint density at radius 3 is 2.95 bits per heavy atom. The molecule has 0 radical (unpaired) electrons. The van der Waals surface area contributed by atoms with Crippen LogP contribution in [0, 0.1) is 5.92 Å². The number of carbonyl (C=O) groups excluding carboxylic acids is 1. The highest BCUT2D eigenvalue weighted by Crippen LogP contribution is 2.22. The molecule has 4 heteroatoms. The molecule has 1 atom stereocenters. The number of rotatable bonds is 4. The minimum atomic E-state index is 0.0264. The van der Waals surface area contributed by atoms with Gasteiger partial charge >= 0.3 is 0 Å². The van der Waals surface area contributed by atoms with Gasteiger partial charge in [-0.3, -0.25) is 4.79 Å². The van der Waals surface area contributed by atoms with E-state index in [-0.39, 0.29) is 11.9 Å². The molecule has 4 nitrogen and oxygen atoms in total. The topological polar surface area (TPSA) is 54.1 Å². The Balaban J connectivity index is 1.76. The number of ether oxygens (including phenoxy) is 1. The molecule has 112 valence electrons. The van der Waals surface area contributed by atoms with Crippen molar-refractivity contribution in [1.29, 1.82) is 0 Å². The predicted molar refractivity (Wildman–Crippen MR) is 83.4 cm³/mol. The lowest BCUT2D eigenvalue weighted by molar-refractivity contribution is 0.0511. The Labute approximate surface area is 124 Å². The van der Waals surface area contributed by atoms with Crippen LogP contribution in [0.3, 0.4) is 0 Å². The van der Waals surface area contributed by atoms with Gasteiger partial charge in [-0.2, -0.15) is 0 Å². The SMILES string of the molecule is CCC(NC(=O)c1cccc2[nH]ccc12)C1CCOCC1. The minimum Gasteiger partial charge on any atom is -0.381 e. The Morgan fingerprint density at radius 2 is 2.19 bits per heavy atom. The van der Waals surface area contributed by atoms with Gasteiger partial charge in [0.15, 0.2) is 0 Å². The number of hydrogen-bond donors (Lipinski definition) is 2. The van der Waals surface area contributed by atoms with E-state index in [1.807, 2.05) is 30.5 Å². The molecule has 2 heterocycles. The highest BCUT2D eigenvalue weighted by molar-refractivity contribution is 6.06. The first-order valence-electron chi connectivity index (χ1n) is 7.74. The largest absolute Gasteiger partial charge is 0.381 e. The number of aromatic nitrogens is 1. The van der Waals surface area contributed by atoms with Crippen molar-refractivity contribution in [3.05, 3.63) is 36.0 Å². The quantitative estimate of drug-likeness (QED) is 0.907. The summed E-state index contributed by atoms with van der Waals surface area (Å²) in [5, 5.41) is 4.21. The molecule has 1 saturated heterocycles. The molecule has 1 aromatic heterocycles. The zero-order valence-electron chi connectivity index (χ0n) is 12.4. The van der Waals surface area contributed by atoms with Crippen molar-refractivity contribution in [2.75, 3.05) is 13.2 Å². The number of amides is 1. The van der Waals surface area contributed by atoms with Gasteiger partial charge in [0.2, 0.25) is 0 Å². The highest BCUT2D eigenvalue weighted by Gasteiger charge is 2.24. The standard InChI is InChI=1S/C17H22N2O2/c1-2-15(12-7-10-21-11-8-12)19-17(20)14-4-3-5-16-13(14)6-9-18-16/h3-6,9,12,15,18H,2,7-8,10-11H2,1H3,(H,19,20). The summed E-state index contributed by atoms with van der Waals surface area (Å²) < 4.78 is 5.41. The van der Waals surface area contributed by atoms with E-state index < -0.39 is 0 Å². The summed E-state index contributed by atoms with van der Waals surface area (Å²) in [7, 11) is 0. The van der Waals surface area contributed by atoms with Gasteiger partial charge in [-0.1, -0.05) is 13.0 Å². The molecule has 1 amide bonds. The Bertz CT molecular complexity index is 614. The van der Waals surface area contributed by atoms with Gasteiger partial charge < -0.3 is 15.0 Å². The van der Waals surface area contributed by atoms with Crippen LogP contribution >= 0.6 is 0 Å². The molecule has 1 aliphatic heterocycles. The zero-order valence-corrected chi connectivity index (χ0v) is 12.4. The fourth-order valence-corrected chi connectivity index (χ4v) is 3.20. The minimum absolute atomic E-state index is 0.0264. The summed E-state index contributed by atoms with van der Waals surface area (Å²) in [6, 6.07) is 7.99. The molecule has 2 N–H and O–H groups in total. The summed E-state index contributed by atoms with van der Waals surface area (Å²) in [5.41, 5.74) is 1.75. The van der Waals surface area contributed by atoms with Gasteiger partial charge in [-0.25, -0.2) is 0 Å². The third kappa shape index (κ3) is 2.95. The van der Waals surface area contributed by atoms with E-state index in [0.29, 0.717) is 5.92 Å². The van der Waals surface area contributed by atoms with Gasteiger partial charge in [0.05, 0.1) is 0 Å². The second-order valence-electron chi connectivity index (χ2n) is 5.68. The van der Waals surface area contributed by atoms with Crippen LogP contribution < -0.4 is 5.32 Å². The summed E-state index contributed by atoms with van der Waals surface area (Å²) in [5.74, 6) is 0.552. The van der Waals surface area contributed by atoms with Gasteiger partial charge in [0, 0.05) is 41.9 Å². The Morgan fingerprint density at radius 1 is 1.38 bits per heavy atom. The maximum atomic E-state index is 12.6. The molecule has 1 unspecified atom stereocenters. The highest BCUT2D eigenvalue weighted by atomic mass is 16.5. The van der Waals surface area contributed by atoms with E-state index in [2.05, 4.69) is 17.2 Å². The summed E-state index contributed by atoms with van der Waals surface area (Å²) in [6.07, 6.45) is 4.90. The number of carbonyl (C=O) groups is 1. The van der Waals surface area contributed by atoms with Crippen molar-refractivity contribution >= 4 is 16.8 Å². The maximum Gasteiger partial charge on any atom is 0.252 e. The molecule has 2 aromatic rings. The number of aromatic amines is 1. The van der Waals surface area contributed by atoms with Gasteiger partial charge in [0.25, 0.3) is 5.91 Å². The van der Waals surface area contributed by atoms with E-state index in [1.54, 1.807) is 0 Å². The van der Waals surface area contributed by atoms with Gasteiger partial charge in [-0.15, -0.1) is 0 Å². The number of H-pyrrole nitrogens is 1. The lowest BCUT2D eigenvalue weighted by atomic mass is 9.90. The number of fused-ring (bicyclic) bond motifs is 1. The van der Waals surface area contributed by atoms with E-state index in [4.69, 9.17) is 4.74 Å². The van der Waals surface area contributed by atoms with Crippen LogP contribution in [0.1, 0.15) is 36.5 Å². The molecular formula is C17H22N2O2. The maximum absolute atomic E-state index is 12.6. The normalized spacial score (nSPS) is 17.8. The monoisotopic (exact) mass is 286 g/mol. The number of hydrogen-bond acceptors (Lipinski definition) is 2. The Kier molecular flexibility index (Phi) is 4.25. The van der Waals surface area contributed by atoms with Crippen molar-refractivity contribution in [2.45, 2.75) is 32.2 Å². The predicted octanol–water partition coefficient (Wildman–Crippen LogP) is 3.10. The zero-order chi connectivity index (χ0) is 14.7. The van der Waals surface area contributed by atoms with Gasteiger partial charge in [0.1, 0.15) is 0 Å². The van der Waals surface area contributed by atoms with E-state index in [0.717, 1.165) is 48.9 Å². The lowest BCUT2D eigenvalue weighted by Crippen LogP contribution is -2.42. The fourth-order valence-electron chi connectivity index (χ4n) is 3.20. The fraction of sp³-hybridized carbons (Fsp3) is 0.471. The molecule has 1 aromatic carbocycles. The van der Waals surface area contributed by atoms with E-state index in [1.165, 1.54) is 0 Å². The molecule has 0 spiro atoms. The Hall–Kier alpha value is -1.81. The number of nitrogens with one attached hydrogen (secondary N) is 2. The molecule has 21 heavy (non-hydrogen) atoms. The third-order valence-corrected chi connectivity index (χ3v) is 4.43. The van der Waals surface area contributed by atoms with Crippen LogP contribution in [0.2, 0.25) is 0 Å². The summed E-state index contributed by atoms with van der Waals surface area (Å²) in [4.78, 5) is 15.8. The molecule has 0 saturated carbocycles. The molecule has 0 bridgehead atoms. The van der Waals surface area contributed by atoms with E-state index >= 15 is 0 Å². The average Bonchev–Trinajstić information content (AvgIpc) is 3.01. The second-order valence-corrected chi connectivity index (χ2v) is 5.68. The van der Waals surface area contributed by atoms with Crippen molar-refractivity contribution < 1.29 is 9.53 Å². The van der Waals surface area contributed by atoms with Crippen LogP contribution in [0.5, 0.6) is 0 Å². The van der Waals surface area contributed by atoms with Crippen molar-refractivity contribution in [3.63, 3.8) is 0 Å². The van der Waals surface area contributed by atoms with Crippen LogP contribution in [-0.2, 0) is 4.74 Å². The third-order valence-electron chi connectivity index (χ3n) is 4.43. The first kappa shape index (κ1) is 14.1. The van der Waals surface area contributed by atoms with Crippen molar-refractivity contribution in [1.82, 2.24) is 10.3 Å².